The molecule has 0 radical (unpaired) electrons. The molecule has 0 unspecified atom stereocenters. The van der Waals surface area contributed by atoms with Crippen molar-refractivity contribution < 1.29 is 14.6 Å². The molecule has 0 aliphatic rings. The number of hydrogen-bond acceptors (Lipinski definition) is 3. The third kappa shape index (κ3) is 8.89. The predicted molar refractivity (Wildman–Crippen MR) is 66.3 cm³/mol. The van der Waals surface area contributed by atoms with E-state index in [4.69, 9.17) is 9.47 Å². The van der Waals surface area contributed by atoms with Crippen LogP contribution in [-0.2, 0) is 9.47 Å². The van der Waals surface area contributed by atoms with E-state index in [1.54, 1.807) is 12.2 Å². The number of aliphatic hydroxyl groups is 1. The number of unbranched alkanes of at least 4 members (excludes halogenated alkanes) is 2. The third-order valence-corrected chi connectivity index (χ3v) is 2.26. The van der Waals surface area contributed by atoms with Crippen molar-refractivity contribution in [3.05, 3.63) is 12.2 Å². The summed E-state index contributed by atoms with van der Waals surface area (Å²) in [7, 11) is 0. The number of ether oxygens (including phenoxy) is 2. The van der Waals surface area contributed by atoms with Gasteiger partial charge in [0.2, 0.25) is 0 Å². The maximum atomic E-state index is 9.66. The maximum Gasteiger partial charge on any atom is 0.176 e. The Hall–Kier alpha value is -0.380. The second-order valence-electron chi connectivity index (χ2n) is 3.73. The molecule has 0 saturated carbocycles. The van der Waals surface area contributed by atoms with Crippen molar-refractivity contribution in [1.82, 2.24) is 0 Å². The summed E-state index contributed by atoms with van der Waals surface area (Å²) in [5.74, 6) is 0. The Morgan fingerprint density at radius 1 is 1.00 bits per heavy atom. The van der Waals surface area contributed by atoms with Crippen LogP contribution in [0.2, 0.25) is 0 Å². The lowest BCUT2D eigenvalue weighted by atomic mass is 10.1. The van der Waals surface area contributed by atoms with E-state index in [9.17, 15) is 5.11 Å². The van der Waals surface area contributed by atoms with E-state index in [-0.39, 0.29) is 12.4 Å². The Kier molecular flexibility index (Phi) is 10.9. The summed E-state index contributed by atoms with van der Waals surface area (Å²) in [5.41, 5.74) is 0. The molecule has 0 aromatic heterocycles. The van der Waals surface area contributed by atoms with E-state index in [2.05, 4.69) is 6.92 Å². The normalized spacial score (nSPS) is 13.8. The van der Waals surface area contributed by atoms with Gasteiger partial charge in [-0.05, 0) is 26.3 Å². The lowest BCUT2D eigenvalue weighted by molar-refractivity contribution is -0.104. The topological polar surface area (TPSA) is 38.7 Å². The zero-order valence-electron chi connectivity index (χ0n) is 10.8. The number of rotatable bonds is 10. The molecule has 0 aliphatic carbocycles. The van der Waals surface area contributed by atoms with E-state index in [1.165, 1.54) is 12.8 Å². The summed E-state index contributed by atoms with van der Waals surface area (Å²) >= 11 is 0. The molecular formula is C13H26O3. The summed E-state index contributed by atoms with van der Waals surface area (Å²) < 4.78 is 10.7. The molecule has 96 valence electrons. The quantitative estimate of drug-likeness (QED) is 0.356. The second-order valence-corrected chi connectivity index (χ2v) is 3.73. The largest absolute Gasteiger partial charge is 0.389 e. The van der Waals surface area contributed by atoms with Crippen LogP contribution in [0, 0.1) is 0 Å². The first-order chi connectivity index (χ1) is 7.74. The first-order valence-electron chi connectivity index (χ1n) is 6.34. The van der Waals surface area contributed by atoms with Crippen LogP contribution >= 0.6 is 0 Å². The van der Waals surface area contributed by atoms with Crippen molar-refractivity contribution in [2.75, 3.05) is 13.2 Å². The standard InChI is InChI=1S/C13H26O3/c1-4-7-8-9-12(14)10-11-13(15-5-2)16-6-3/h10-14H,4-9H2,1-3H3/b11-10+/t12-/m0/s1. The van der Waals surface area contributed by atoms with Crippen LogP contribution in [-0.4, -0.2) is 30.7 Å². The average Bonchev–Trinajstić information content (AvgIpc) is 2.27. The van der Waals surface area contributed by atoms with Gasteiger partial charge >= 0.3 is 0 Å². The number of aliphatic hydroxyl groups excluding tert-OH is 1. The Labute approximate surface area is 99.5 Å². The van der Waals surface area contributed by atoms with Crippen molar-refractivity contribution in [2.24, 2.45) is 0 Å². The molecule has 0 saturated heterocycles. The minimum Gasteiger partial charge on any atom is -0.389 e. The lowest BCUT2D eigenvalue weighted by Crippen LogP contribution is -2.15. The van der Waals surface area contributed by atoms with Gasteiger partial charge in [0.15, 0.2) is 6.29 Å². The van der Waals surface area contributed by atoms with Gasteiger partial charge in [-0.15, -0.1) is 0 Å². The highest BCUT2D eigenvalue weighted by atomic mass is 16.7. The molecule has 0 aromatic rings. The van der Waals surface area contributed by atoms with Crippen LogP contribution in [0.4, 0.5) is 0 Å². The van der Waals surface area contributed by atoms with Crippen LogP contribution in [0.3, 0.4) is 0 Å². The highest BCUT2D eigenvalue weighted by Gasteiger charge is 2.04. The summed E-state index contributed by atoms with van der Waals surface area (Å²) in [4.78, 5) is 0. The second kappa shape index (κ2) is 11.1. The minimum atomic E-state index is -0.380. The fourth-order valence-electron chi connectivity index (χ4n) is 1.41. The molecule has 3 nitrogen and oxygen atoms in total. The molecule has 1 N–H and O–H groups in total. The predicted octanol–water partition coefficient (Wildman–Crippen LogP) is 2.88. The van der Waals surface area contributed by atoms with Crippen molar-refractivity contribution in [2.45, 2.75) is 58.8 Å². The van der Waals surface area contributed by atoms with Gasteiger partial charge in [0, 0.05) is 13.2 Å². The van der Waals surface area contributed by atoms with Crippen molar-refractivity contribution in [1.29, 1.82) is 0 Å². The fraction of sp³-hybridized carbons (Fsp3) is 0.846. The zero-order valence-corrected chi connectivity index (χ0v) is 10.8. The van der Waals surface area contributed by atoms with Crippen molar-refractivity contribution in [3.8, 4) is 0 Å². The van der Waals surface area contributed by atoms with Crippen LogP contribution in [0.5, 0.6) is 0 Å². The molecule has 0 spiro atoms. The first-order valence-corrected chi connectivity index (χ1v) is 6.34. The molecule has 0 aliphatic heterocycles. The van der Waals surface area contributed by atoms with Gasteiger partial charge in [-0.25, -0.2) is 0 Å². The molecular weight excluding hydrogens is 204 g/mol. The van der Waals surface area contributed by atoms with Crippen LogP contribution in [0.25, 0.3) is 0 Å². The van der Waals surface area contributed by atoms with Crippen LogP contribution in [0.15, 0.2) is 12.2 Å². The van der Waals surface area contributed by atoms with Gasteiger partial charge in [-0.3, -0.25) is 0 Å². The molecule has 16 heavy (non-hydrogen) atoms. The van der Waals surface area contributed by atoms with E-state index in [0.29, 0.717) is 13.2 Å². The maximum absolute atomic E-state index is 9.66. The zero-order chi connectivity index (χ0) is 12.2. The average molecular weight is 230 g/mol. The Balaban J connectivity index is 3.81. The Morgan fingerprint density at radius 2 is 1.62 bits per heavy atom. The molecule has 0 amide bonds. The highest BCUT2D eigenvalue weighted by molar-refractivity contribution is 4.91. The van der Waals surface area contributed by atoms with E-state index >= 15 is 0 Å². The van der Waals surface area contributed by atoms with E-state index in [0.717, 1.165) is 12.8 Å². The monoisotopic (exact) mass is 230 g/mol. The molecule has 0 rings (SSSR count). The van der Waals surface area contributed by atoms with E-state index < -0.39 is 0 Å². The highest BCUT2D eigenvalue weighted by Crippen LogP contribution is 2.06. The lowest BCUT2D eigenvalue weighted by Gasteiger charge is -2.13. The van der Waals surface area contributed by atoms with Gasteiger partial charge in [0.25, 0.3) is 0 Å². The summed E-state index contributed by atoms with van der Waals surface area (Å²) in [6, 6.07) is 0. The van der Waals surface area contributed by atoms with Crippen molar-refractivity contribution >= 4 is 0 Å². The minimum absolute atomic E-state index is 0.323. The van der Waals surface area contributed by atoms with Gasteiger partial charge in [-0.2, -0.15) is 0 Å². The smallest absolute Gasteiger partial charge is 0.176 e. The SMILES string of the molecule is CCCCC[C@H](O)/C=C/C(OCC)OCC. The Bertz CT molecular complexity index is 163. The summed E-state index contributed by atoms with van der Waals surface area (Å²) in [6.07, 6.45) is 7.09. The molecule has 0 fully saturated rings. The summed E-state index contributed by atoms with van der Waals surface area (Å²) in [6.45, 7) is 7.24. The van der Waals surface area contributed by atoms with Gasteiger partial charge in [-0.1, -0.05) is 32.3 Å². The third-order valence-electron chi connectivity index (χ3n) is 2.26. The van der Waals surface area contributed by atoms with E-state index in [1.807, 2.05) is 13.8 Å². The van der Waals surface area contributed by atoms with Gasteiger partial charge in [0.05, 0.1) is 6.10 Å². The van der Waals surface area contributed by atoms with Crippen molar-refractivity contribution in [3.63, 3.8) is 0 Å². The molecule has 0 heterocycles. The molecule has 1 atom stereocenters. The van der Waals surface area contributed by atoms with Gasteiger partial charge < -0.3 is 14.6 Å². The van der Waals surface area contributed by atoms with Crippen LogP contribution in [0.1, 0.15) is 46.5 Å². The fourth-order valence-corrected chi connectivity index (χ4v) is 1.41. The Morgan fingerprint density at radius 3 is 2.12 bits per heavy atom. The first kappa shape index (κ1) is 15.6. The number of hydrogen-bond donors (Lipinski definition) is 1. The summed E-state index contributed by atoms with van der Waals surface area (Å²) in [5, 5.41) is 9.66. The van der Waals surface area contributed by atoms with Crippen LogP contribution < -0.4 is 0 Å². The van der Waals surface area contributed by atoms with Gasteiger partial charge in [0.1, 0.15) is 0 Å². The molecule has 0 bridgehead atoms. The molecule has 0 aromatic carbocycles. The molecule has 3 heteroatoms.